The molecule has 0 aliphatic rings. The van der Waals surface area contributed by atoms with Crippen molar-refractivity contribution < 1.29 is 19.4 Å². The van der Waals surface area contributed by atoms with Crippen LogP contribution in [0.5, 0.6) is 0 Å². The number of amides is 1. The zero-order valence-corrected chi connectivity index (χ0v) is 9.83. The molecule has 0 aromatic carbocycles. The highest BCUT2D eigenvalue weighted by Gasteiger charge is 2.01. The predicted molar refractivity (Wildman–Crippen MR) is 60.2 cm³/mol. The van der Waals surface area contributed by atoms with Crippen LogP contribution >= 0.6 is 0 Å². The molecule has 0 aromatic rings. The summed E-state index contributed by atoms with van der Waals surface area (Å²) in [5, 5.41) is 11.2. The van der Waals surface area contributed by atoms with Gasteiger partial charge in [0.2, 0.25) is 5.91 Å². The molecule has 0 fully saturated rings. The molecular weight excluding hydrogens is 210 g/mol. The van der Waals surface area contributed by atoms with E-state index in [1.54, 1.807) is 7.11 Å². The van der Waals surface area contributed by atoms with E-state index in [0.717, 1.165) is 19.3 Å². The van der Waals surface area contributed by atoms with Gasteiger partial charge in [-0.15, -0.1) is 0 Å². The zero-order valence-electron chi connectivity index (χ0n) is 9.83. The number of carbonyl (C=O) groups is 2. The van der Waals surface area contributed by atoms with Gasteiger partial charge in [-0.2, -0.15) is 0 Å². The Morgan fingerprint density at radius 2 is 1.81 bits per heavy atom. The molecule has 5 nitrogen and oxygen atoms in total. The van der Waals surface area contributed by atoms with E-state index < -0.39 is 5.97 Å². The molecule has 5 heteroatoms. The third-order valence-electron chi connectivity index (χ3n) is 2.14. The number of carbonyl (C=O) groups excluding carboxylic acids is 1. The number of rotatable bonds is 10. The smallest absolute Gasteiger partial charge is 0.303 e. The second-order valence-corrected chi connectivity index (χ2v) is 3.65. The fourth-order valence-corrected chi connectivity index (χ4v) is 1.25. The molecule has 2 N–H and O–H groups in total. The average molecular weight is 231 g/mol. The highest BCUT2D eigenvalue weighted by atomic mass is 16.5. The summed E-state index contributed by atoms with van der Waals surface area (Å²) in [7, 11) is 1.64. The van der Waals surface area contributed by atoms with Gasteiger partial charge in [0.15, 0.2) is 0 Å². The van der Waals surface area contributed by atoms with Crippen LogP contribution in [0.3, 0.4) is 0 Å². The van der Waals surface area contributed by atoms with Crippen molar-refractivity contribution in [1.29, 1.82) is 0 Å². The molecule has 94 valence electrons. The molecule has 1 amide bonds. The van der Waals surface area contributed by atoms with Crippen molar-refractivity contribution in [3.8, 4) is 0 Å². The second kappa shape index (κ2) is 10.4. The lowest BCUT2D eigenvalue weighted by molar-refractivity contribution is -0.137. The second-order valence-electron chi connectivity index (χ2n) is 3.65. The Bertz CT molecular complexity index is 206. The van der Waals surface area contributed by atoms with Crippen LogP contribution in [-0.4, -0.2) is 37.2 Å². The molecule has 16 heavy (non-hydrogen) atoms. The molecule has 0 rings (SSSR count). The Kier molecular flexibility index (Phi) is 9.70. The van der Waals surface area contributed by atoms with Gasteiger partial charge in [-0.3, -0.25) is 9.59 Å². The molecule has 0 saturated heterocycles. The van der Waals surface area contributed by atoms with Crippen LogP contribution in [0.4, 0.5) is 0 Å². The monoisotopic (exact) mass is 231 g/mol. The van der Waals surface area contributed by atoms with Gasteiger partial charge in [0.25, 0.3) is 0 Å². The molecule has 0 heterocycles. The molecule has 0 aliphatic carbocycles. The molecule has 0 unspecified atom stereocenters. The van der Waals surface area contributed by atoms with E-state index >= 15 is 0 Å². The van der Waals surface area contributed by atoms with Crippen LogP contribution in [0.15, 0.2) is 0 Å². The van der Waals surface area contributed by atoms with Crippen molar-refractivity contribution in [2.75, 3.05) is 20.3 Å². The van der Waals surface area contributed by atoms with Gasteiger partial charge < -0.3 is 15.2 Å². The van der Waals surface area contributed by atoms with Gasteiger partial charge in [0.05, 0.1) is 0 Å². The number of aliphatic carboxylic acids is 1. The number of methoxy groups -OCH3 is 1. The number of carboxylic acids is 1. The normalized spacial score (nSPS) is 10.1. The van der Waals surface area contributed by atoms with Gasteiger partial charge >= 0.3 is 5.97 Å². The first-order valence-electron chi connectivity index (χ1n) is 5.64. The molecule has 0 radical (unpaired) electrons. The minimum atomic E-state index is -0.786. The van der Waals surface area contributed by atoms with Crippen LogP contribution in [0.25, 0.3) is 0 Å². The lowest BCUT2D eigenvalue weighted by Gasteiger charge is -2.04. The van der Waals surface area contributed by atoms with Gasteiger partial charge in [-0.1, -0.05) is 0 Å². The average Bonchev–Trinajstić information content (AvgIpc) is 2.23. The highest BCUT2D eigenvalue weighted by Crippen LogP contribution is 1.97. The first-order chi connectivity index (χ1) is 7.66. The summed E-state index contributed by atoms with van der Waals surface area (Å²) in [5.41, 5.74) is 0. The minimum Gasteiger partial charge on any atom is -0.481 e. The fourth-order valence-electron chi connectivity index (χ4n) is 1.25. The molecule has 0 bridgehead atoms. The van der Waals surface area contributed by atoms with Crippen molar-refractivity contribution in [1.82, 2.24) is 5.32 Å². The number of carboxylic acid groups (broad SMARTS) is 1. The molecular formula is C11H21NO4. The number of hydrogen-bond donors (Lipinski definition) is 2. The van der Waals surface area contributed by atoms with E-state index in [4.69, 9.17) is 9.84 Å². The maximum atomic E-state index is 11.2. The summed E-state index contributed by atoms with van der Waals surface area (Å²) in [6, 6.07) is 0. The van der Waals surface area contributed by atoms with Gasteiger partial charge in [-0.05, 0) is 25.7 Å². The molecule has 0 saturated carbocycles. The summed E-state index contributed by atoms with van der Waals surface area (Å²) >= 11 is 0. The summed E-state index contributed by atoms with van der Waals surface area (Å²) in [6.07, 6.45) is 3.74. The van der Waals surface area contributed by atoms with E-state index in [1.165, 1.54) is 0 Å². The Morgan fingerprint density at radius 1 is 1.12 bits per heavy atom. The predicted octanol–water partition coefficient (Wildman–Crippen LogP) is 1.17. The fraction of sp³-hybridized carbons (Fsp3) is 0.818. The molecule has 0 aromatic heterocycles. The van der Waals surface area contributed by atoms with Crippen LogP contribution in [-0.2, 0) is 14.3 Å². The van der Waals surface area contributed by atoms with Gasteiger partial charge in [0.1, 0.15) is 0 Å². The number of unbranched alkanes of at least 4 members (excludes halogenated alkanes) is 2. The van der Waals surface area contributed by atoms with Gasteiger partial charge in [0, 0.05) is 33.1 Å². The minimum absolute atomic E-state index is 0.0337. The lowest BCUT2D eigenvalue weighted by Crippen LogP contribution is -2.24. The number of hydrogen-bond acceptors (Lipinski definition) is 3. The van der Waals surface area contributed by atoms with E-state index in [9.17, 15) is 9.59 Å². The number of nitrogens with one attached hydrogen (secondary N) is 1. The summed E-state index contributed by atoms with van der Waals surface area (Å²) in [5.74, 6) is -0.752. The van der Waals surface area contributed by atoms with Gasteiger partial charge in [-0.25, -0.2) is 0 Å². The summed E-state index contributed by atoms with van der Waals surface area (Å²) in [4.78, 5) is 21.4. The first-order valence-corrected chi connectivity index (χ1v) is 5.64. The topological polar surface area (TPSA) is 75.6 Å². The Balaban J connectivity index is 3.20. The SMILES string of the molecule is COCCCCC(=O)NCCCCC(=O)O. The van der Waals surface area contributed by atoms with E-state index in [-0.39, 0.29) is 12.3 Å². The summed E-state index contributed by atoms with van der Waals surface area (Å²) < 4.78 is 4.87. The molecule has 0 spiro atoms. The Hall–Kier alpha value is -1.10. The Morgan fingerprint density at radius 3 is 2.44 bits per heavy atom. The lowest BCUT2D eigenvalue weighted by atomic mass is 10.2. The molecule has 0 atom stereocenters. The van der Waals surface area contributed by atoms with Crippen LogP contribution < -0.4 is 5.32 Å². The number of ether oxygens (including phenoxy) is 1. The zero-order chi connectivity index (χ0) is 12.2. The van der Waals surface area contributed by atoms with Crippen molar-refractivity contribution in [3.63, 3.8) is 0 Å². The maximum Gasteiger partial charge on any atom is 0.303 e. The third kappa shape index (κ3) is 11.0. The maximum absolute atomic E-state index is 11.2. The largest absolute Gasteiger partial charge is 0.481 e. The van der Waals surface area contributed by atoms with Crippen LogP contribution in [0.2, 0.25) is 0 Å². The van der Waals surface area contributed by atoms with E-state index in [0.29, 0.717) is 26.0 Å². The van der Waals surface area contributed by atoms with Crippen LogP contribution in [0.1, 0.15) is 38.5 Å². The standard InChI is InChI=1S/C11H21NO4/c1-16-9-5-3-6-10(13)12-8-4-2-7-11(14)15/h2-9H2,1H3,(H,12,13)(H,14,15). The quantitative estimate of drug-likeness (QED) is 0.553. The van der Waals surface area contributed by atoms with Crippen LogP contribution in [0, 0.1) is 0 Å². The summed E-state index contributed by atoms with van der Waals surface area (Å²) in [6.45, 7) is 1.25. The van der Waals surface area contributed by atoms with E-state index in [1.807, 2.05) is 0 Å². The van der Waals surface area contributed by atoms with Crippen molar-refractivity contribution in [2.45, 2.75) is 38.5 Å². The Labute approximate surface area is 96.2 Å². The molecule has 0 aliphatic heterocycles. The van der Waals surface area contributed by atoms with E-state index in [2.05, 4.69) is 5.32 Å². The van der Waals surface area contributed by atoms with Crippen molar-refractivity contribution >= 4 is 11.9 Å². The van der Waals surface area contributed by atoms with Crippen molar-refractivity contribution in [3.05, 3.63) is 0 Å². The third-order valence-corrected chi connectivity index (χ3v) is 2.14. The first kappa shape index (κ1) is 14.9. The van der Waals surface area contributed by atoms with Crippen molar-refractivity contribution in [2.24, 2.45) is 0 Å². The highest BCUT2D eigenvalue weighted by molar-refractivity contribution is 5.75.